The predicted octanol–water partition coefficient (Wildman–Crippen LogP) is -0.634. The van der Waals surface area contributed by atoms with Gasteiger partial charge in [-0.05, 0) is 0 Å². The lowest BCUT2D eigenvalue weighted by Gasteiger charge is -1.78. The number of rotatable bonds is 2. The molecule has 0 saturated carbocycles. The molecule has 0 fully saturated rings. The van der Waals surface area contributed by atoms with Gasteiger partial charge in [0.15, 0.2) is 0 Å². The first-order valence-corrected chi connectivity index (χ1v) is 1.54. The summed E-state index contributed by atoms with van der Waals surface area (Å²) in [7, 11) is 0. The molecule has 0 radical (unpaired) electrons. The molecule has 0 aromatic carbocycles. The minimum Gasteiger partial charge on any atom is -0.339 e. The monoisotopic (exact) mass is 83.0 g/mol. The van der Waals surface area contributed by atoms with E-state index in [9.17, 15) is 4.79 Å². The minimum atomic E-state index is 0.247. The lowest BCUT2D eigenvalue weighted by Crippen LogP contribution is -2.06. The third kappa shape index (κ3) is 3.03. The number of hydrogen-bond donors (Lipinski definition) is 1. The van der Waals surface area contributed by atoms with Crippen molar-refractivity contribution in [2.24, 2.45) is 0 Å². The minimum absolute atomic E-state index is 0.247. The summed E-state index contributed by atoms with van der Waals surface area (Å²) in [4.78, 5) is 9.41. The Balaban J connectivity index is 2.72. The summed E-state index contributed by atoms with van der Waals surface area (Å²) < 4.78 is 0. The van der Waals surface area contributed by atoms with E-state index in [0.717, 1.165) is 0 Å². The number of terminal acetylenes is 1. The van der Waals surface area contributed by atoms with E-state index in [1.54, 1.807) is 0 Å². The SMILES string of the molecule is C#CNCC=O. The molecule has 2 nitrogen and oxygen atoms in total. The molecule has 0 unspecified atom stereocenters. The Morgan fingerprint density at radius 2 is 2.67 bits per heavy atom. The van der Waals surface area contributed by atoms with E-state index in [-0.39, 0.29) is 6.54 Å². The summed E-state index contributed by atoms with van der Waals surface area (Å²) in [5, 5.41) is 2.36. The molecular weight excluding hydrogens is 78.0 g/mol. The summed E-state index contributed by atoms with van der Waals surface area (Å²) in [5.74, 6) is 0. The second kappa shape index (κ2) is 4.03. The Morgan fingerprint density at radius 3 is 2.83 bits per heavy atom. The molecule has 0 spiro atoms. The van der Waals surface area contributed by atoms with Crippen LogP contribution >= 0.6 is 0 Å². The van der Waals surface area contributed by atoms with Crippen molar-refractivity contribution in [2.45, 2.75) is 0 Å². The van der Waals surface area contributed by atoms with E-state index in [1.807, 2.05) is 0 Å². The van der Waals surface area contributed by atoms with Crippen LogP contribution < -0.4 is 5.32 Å². The predicted molar refractivity (Wildman–Crippen MR) is 22.9 cm³/mol. The molecule has 0 aromatic rings. The van der Waals surface area contributed by atoms with E-state index in [1.165, 1.54) is 0 Å². The fourth-order valence-electron chi connectivity index (χ4n) is 0.101. The Morgan fingerprint density at radius 1 is 2.00 bits per heavy atom. The molecular formula is C4H5NO. The van der Waals surface area contributed by atoms with Gasteiger partial charge in [-0.1, -0.05) is 6.42 Å². The first kappa shape index (κ1) is 5.03. The van der Waals surface area contributed by atoms with E-state index in [4.69, 9.17) is 6.42 Å². The molecule has 0 amide bonds. The fraction of sp³-hybridized carbons (Fsp3) is 0.250. The van der Waals surface area contributed by atoms with Gasteiger partial charge in [0.1, 0.15) is 6.29 Å². The Bertz CT molecular complexity index is 72.1. The summed E-state index contributed by atoms with van der Waals surface area (Å²) in [6, 6.07) is 2.09. The molecule has 0 atom stereocenters. The van der Waals surface area contributed by atoms with E-state index < -0.39 is 0 Å². The molecule has 0 aliphatic carbocycles. The average Bonchev–Trinajstić information content (AvgIpc) is 1.61. The van der Waals surface area contributed by atoms with Crippen molar-refractivity contribution >= 4 is 6.29 Å². The van der Waals surface area contributed by atoms with Crippen LogP contribution in [0.4, 0.5) is 0 Å². The molecule has 32 valence electrons. The van der Waals surface area contributed by atoms with E-state index in [0.29, 0.717) is 6.29 Å². The number of nitrogens with one attached hydrogen (secondary N) is 1. The van der Waals surface area contributed by atoms with Crippen molar-refractivity contribution in [2.75, 3.05) is 6.54 Å². The van der Waals surface area contributed by atoms with Crippen LogP contribution in [-0.2, 0) is 4.79 Å². The first-order valence-electron chi connectivity index (χ1n) is 1.54. The Kier molecular flexibility index (Phi) is 3.38. The molecule has 2 heteroatoms. The smallest absolute Gasteiger partial charge is 0.139 e. The van der Waals surface area contributed by atoms with Crippen LogP contribution in [0.15, 0.2) is 0 Å². The van der Waals surface area contributed by atoms with Crippen molar-refractivity contribution in [3.05, 3.63) is 0 Å². The first-order chi connectivity index (χ1) is 2.91. The van der Waals surface area contributed by atoms with E-state index >= 15 is 0 Å². The van der Waals surface area contributed by atoms with E-state index in [2.05, 4.69) is 11.4 Å². The Hall–Kier alpha value is -0.970. The van der Waals surface area contributed by atoms with Crippen LogP contribution in [0.25, 0.3) is 0 Å². The van der Waals surface area contributed by atoms with Gasteiger partial charge in [0, 0.05) is 6.04 Å². The van der Waals surface area contributed by atoms with Crippen LogP contribution in [0.3, 0.4) is 0 Å². The van der Waals surface area contributed by atoms with Crippen molar-refractivity contribution in [3.8, 4) is 12.5 Å². The Labute approximate surface area is 36.5 Å². The third-order valence-corrected chi connectivity index (χ3v) is 0.287. The largest absolute Gasteiger partial charge is 0.339 e. The molecule has 0 aliphatic heterocycles. The van der Waals surface area contributed by atoms with Crippen LogP contribution in [0.1, 0.15) is 0 Å². The fourth-order valence-corrected chi connectivity index (χ4v) is 0.101. The second-order valence-electron chi connectivity index (χ2n) is 0.692. The molecule has 0 aliphatic rings. The molecule has 6 heavy (non-hydrogen) atoms. The maximum Gasteiger partial charge on any atom is 0.139 e. The topological polar surface area (TPSA) is 29.1 Å². The highest BCUT2D eigenvalue weighted by molar-refractivity contribution is 5.52. The molecule has 0 heterocycles. The highest BCUT2D eigenvalue weighted by Crippen LogP contribution is 1.38. The highest BCUT2D eigenvalue weighted by atomic mass is 16.1. The highest BCUT2D eigenvalue weighted by Gasteiger charge is 1.65. The van der Waals surface area contributed by atoms with Crippen molar-refractivity contribution < 1.29 is 4.79 Å². The van der Waals surface area contributed by atoms with Crippen molar-refractivity contribution in [3.63, 3.8) is 0 Å². The standard InChI is InChI=1S/C4H5NO/c1-2-5-3-4-6/h1,4-5H,3H2. The molecule has 0 aromatic heterocycles. The van der Waals surface area contributed by atoms with Crippen molar-refractivity contribution in [1.82, 2.24) is 5.32 Å². The lowest BCUT2D eigenvalue weighted by molar-refractivity contribution is -0.107. The van der Waals surface area contributed by atoms with Gasteiger partial charge in [-0.25, -0.2) is 0 Å². The van der Waals surface area contributed by atoms with Crippen LogP contribution in [0.5, 0.6) is 0 Å². The summed E-state index contributed by atoms with van der Waals surface area (Å²) in [6.07, 6.45) is 5.40. The van der Waals surface area contributed by atoms with Gasteiger partial charge in [-0.3, -0.25) is 0 Å². The van der Waals surface area contributed by atoms with Crippen molar-refractivity contribution in [1.29, 1.82) is 0 Å². The maximum atomic E-state index is 9.41. The van der Waals surface area contributed by atoms with Gasteiger partial charge >= 0.3 is 0 Å². The van der Waals surface area contributed by atoms with Gasteiger partial charge in [0.05, 0.1) is 6.54 Å². The summed E-state index contributed by atoms with van der Waals surface area (Å²) in [5.41, 5.74) is 0. The third-order valence-electron chi connectivity index (χ3n) is 0.287. The van der Waals surface area contributed by atoms with Gasteiger partial charge < -0.3 is 10.1 Å². The van der Waals surface area contributed by atoms with Crippen LogP contribution in [0.2, 0.25) is 0 Å². The number of carbonyl (C=O) groups is 1. The van der Waals surface area contributed by atoms with Gasteiger partial charge in [-0.15, -0.1) is 0 Å². The van der Waals surface area contributed by atoms with Gasteiger partial charge in [-0.2, -0.15) is 0 Å². The number of hydrogen-bond acceptors (Lipinski definition) is 2. The second-order valence-corrected chi connectivity index (χ2v) is 0.692. The molecule has 0 bridgehead atoms. The molecule has 0 rings (SSSR count). The zero-order chi connectivity index (χ0) is 4.83. The quantitative estimate of drug-likeness (QED) is 0.208. The normalized spacial score (nSPS) is 5.83. The maximum absolute atomic E-state index is 9.41. The molecule has 0 saturated heterocycles. The number of aldehydes is 1. The van der Waals surface area contributed by atoms with Gasteiger partial charge in [0.2, 0.25) is 0 Å². The van der Waals surface area contributed by atoms with Crippen LogP contribution in [0, 0.1) is 12.5 Å². The molecule has 1 N–H and O–H groups in total. The average molecular weight is 83.1 g/mol. The van der Waals surface area contributed by atoms with Crippen LogP contribution in [-0.4, -0.2) is 12.8 Å². The number of carbonyl (C=O) groups excluding carboxylic acids is 1. The summed E-state index contributed by atoms with van der Waals surface area (Å²) >= 11 is 0. The lowest BCUT2D eigenvalue weighted by atomic mass is 10.7. The zero-order valence-electron chi connectivity index (χ0n) is 3.27. The summed E-state index contributed by atoms with van der Waals surface area (Å²) in [6.45, 7) is 0.247. The zero-order valence-corrected chi connectivity index (χ0v) is 3.27. The van der Waals surface area contributed by atoms with Gasteiger partial charge in [0.25, 0.3) is 0 Å².